The standard InChI is InChI=1S/C24H30N4O5S/c1-16-5-6-17(2)20(11-16)27-7-9-28(10-8-27)24(30)14-26(4)34(31,32)22-13-21-19(12-18(22)3)25-23(29)15-33-21/h5-6,11-13H,7-10,14-15H2,1-4H3,(H,25,29). The highest BCUT2D eigenvalue weighted by molar-refractivity contribution is 7.89. The first kappa shape index (κ1) is 24.0. The quantitative estimate of drug-likeness (QED) is 0.693. The van der Waals surface area contributed by atoms with Gasteiger partial charge in [-0.25, -0.2) is 8.42 Å². The molecule has 4 rings (SSSR count). The Labute approximate surface area is 200 Å². The molecule has 0 aliphatic carbocycles. The highest BCUT2D eigenvalue weighted by Crippen LogP contribution is 2.34. The van der Waals surface area contributed by atoms with Crippen LogP contribution in [0.3, 0.4) is 0 Å². The zero-order valence-corrected chi connectivity index (χ0v) is 20.7. The molecule has 1 N–H and O–H groups in total. The summed E-state index contributed by atoms with van der Waals surface area (Å²) in [4.78, 5) is 28.5. The van der Waals surface area contributed by atoms with Crippen LogP contribution in [0.4, 0.5) is 11.4 Å². The topological polar surface area (TPSA) is 99.3 Å². The fourth-order valence-electron chi connectivity index (χ4n) is 4.29. The average molecular weight is 487 g/mol. The van der Waals surface area contributed by atoms with Crippen LogP contribution in [0.15, 0.2) is 35.2 Å². The van der Waals surface area contributed by atoms with Crippen LogP contribution in [0.1, 0.15) is 16.7 Å². The smallest absolute Gasteiger partial charge is 0.262 e. The molecular formula is C24H30N4O5S. The lowest BCUT2D eigenvalue weighted by Crippen LogP contribution is -2.51. The van der Waals surface area contributed by atoms with Crippen molar-refractivity contribution in [1.82, 2.24) is 9.21 Å². The number of amides is 2. The summed E-state index contributed by atoms with van der Waals surface area (Å²) in [7, 11) is -2.53. The molecule has 2 aromatic carbocycles. The molecule has 2 aliphatic rings. The van der Waals surface area contributed by atoms with E-state index in [9.17, 15) is 18.0 Å². The number of fused-ring (bicyclic) bond motifs is 1. The minimum Gasteiger partial charge on any atom is -0.482 e. The average Bonchev–Trinajstić information content (AvgIpc) is 2.80. The van der Waals surface area contributed by atoms with Gasteiger partial charge in [0, 0.05) is 45.0 Å². The largest absolute Gasteiger partial charge is 0.482 e. The van der Waals surface area contributed by atoms with Crippen molar-refractivity contribution in [2.24, 2.45) is 0 Å². The van der Waals surface area contributed by atoms with E-state index in [2.05, 4.69) is 42.3 Å². The molecule has 0 atom stereocenters. The summed E-state index contributed by atoms with van der Waals surface area (Å²) < 4.78 is 32.9. The van der Waals surface area contributed by atoms with Crippen molar-refractivity contribution in [1.29, 1.82) is 0 Å². The second-order valence-corrected chi connectivity index (χ2v) is 10.9. The molecule has 0 saturated carbocycles. The van der Waals surface area contributed by atoms with Crippen LogP contribution < -0.4 is 15.0 Å². The van der Waals surface area contributed by atoms with Gasteiger partial charge >= 0.3 is 0 Å². The molecule has 0 spiro atoms. The molecule has 10 heteroatoms. The van der Waals surface area contributed by atoms with Gasteiger partial charge in [0.1, 0.15) is 5.75 Å². The molecule has 182 valence electrons. The van der Waals surface area contributed by atoms with Crippen molar-refractivity contribution < 1.29 is 22.7 Å². The molecular weight excluding hydrogens is 456 g/mol. The second kappa shape index (κ2) is 9.27. The Morgan fingerprint density at radius 1 is 1.06 bits per heavy atom. The molecule has 1 fully saturated rings. The van der Waals surface area contributed by atoms with Crippen molar-refractivity contribution in [3.63, 3.8) is 0 Å². The van der Waals surface area contributed by atoms with Crippen LogP contribution in [0.25, 0.3) is 0 Å². The lowest BCUT2D eigenvalue weighted by molar-refractivity contribution is -0.131. The maximum Gasteiger partial charge on any atom is 0.262 e. The number of ether oxygens (including phenoxy) is 1. The number of nitrogens with one attached hydrogen (secondary N) is 1. The first-order valence-electron chi connectivity index (χ1n) is 11.2. The zero-order valence-electron chi connectivity index (χ0n) is 19.9. The zero-order chi connectivity index (χ0) is 24.6. The number of carbonyl (C=O) groups is 2. The molecule has 34 heavy (non-hydrogen) atoms. The number of anilines is 2. The number of likely N-dealkylation sites (N-methyl/N-ethyl adjacent to an activating group) is 1. The van der Waals surface area contributed by atoms with E-state index in [1.54, 1.807) is 17.9 Å². The van der Waals surface area contributed by atoms with Gasteiger partial charge in [-0.1, -0.05) is 12.1 Å². The molecule has 1 saturated heterocycles. The maximum absolute atomic E-state index is 13.2. The van der Waals surface area contributed by atoms with E-state index in [-0.39, 0.29) is 29.9 Å². The Balaban J connectivity index is 1.42. The molecule has 0 bridgehead atoms. The van der Waals surface area contributed by atoms with E-state index < -0.39 is 10.0 Å². The van der Waals surface area contributed by atoms with Crippen LogP contribution in [0.2, 0.25) is 0 Å². The van der Waals surface area contributed by atoms with Gasteiger partial charge in [-0.3, -0.25) is 9.59 Å². The van der Waals surface area contributed by atoms with Crippen molar-refractivity contribution in [2.45, 2.75) is 25.7 Å². The van der Waals surface area contributed by atoms with Gasteiger partial charge < -0.3 is 19.9 Å². The number of hydrogen-bond donors (Lipinski definition) is 1. The van der Waals surface area contributed by atoms with Gasteiger partial charge in [-0.2, -0.15) is 4.31 Å². The fraction of sp³-hybridized carbons (Fsp3) is 0.417. The van der Waals surface area contributed by atoms with E-state index in [1.807, 2.05) is 0 Å². The minimum absolute atomic E-state index is 0.0532. The number of sulfonamides is 1. The van der Waals surface area contributed by atoms with Gasteiger partial charge in [0.2, 0.25) is 15.9 Å². The van der Waals surface area contributed by atoms with Gasteiger partial charge in [-0.05, 0) is 49.6 Å². The molecule has 2 aromatic rings. The van der Waals surface area contributed by atoms with Gasteiger partial charge in [0.05, 0.1) is 17.1 Å². The number of piperazine rings is 1. The van der Waals surface area contributed by atoms with Crippen molar-refractivity contribution >= 4 is 33.2 Å². The highest BCUT2D eigenvalue weighted by Gasteiger charge is 2.30. The lowest BCUT2D eigenvalue weighted by Gasteiger charge is -2.37. The third-order valence-electron chi connectivity index (χ3n) is 6.29. The molecule has 0 aromatic heterocycles. The highest BCUT2D eigenvalue weighted by atomic mass is 32.2. The summed E-state index contributed by atoms with van der Waals surface area (Å²) in [5.41, 5.74) is 4.46. The van der Waals surface area contributed by atoms with Crippen molar-refractivity contribution in [2.75, 3.05) is 56.6 Å². The van der Waals surface area contributed by atoms with E-state index in [0.717, 1.165) is 4.31 Å². The second-order valence-electron chi connectivity index (χ2n) is 8.87. The molecule has 0 unspecified atom stereocenters. The Kier molecular flexibility index (Phi) is 6.55. The van der Waals surface area contributed by atoms with Crippen LogP contribution in [-0.2, 0) is 19.6 Å². The van der Waals surface area contributed by atoms with E-state index in [1.165, 1.54) is 29.9 Å². The number of carbonyl (C=O) groups excluding carboxylic acids is 2. The molecule has 2 aliphatic heterocycles. The Morgan fingerprint density at radius 2 is 1.76 bits per heavy atom. The summed E-state index contributed by atoms with van der Waals surface area (Å²) >= 11 is 0. The number of benzene rings is 2. The van der Waals surface area contributed by atoms with Crippen LogP contribution in [-0.4, -0.2) is 75.8 Å². The molecule has 2 heterocycles. The van der Waals surface area contributed by atoms with Gasteiger partial charge in [0.25, 0.3) is 5.91 Å². The number of aryl methyl sites for hydroxylation is 3. The molecule has 9 nitrogen and oxygen atoms in total. The Bertz CT molecular complexity index is 1240. The number of rotatable bonds is 5. The summed E-state index contributed by atoms with van der Waals surface area (Å²) in [6.07, 6.45) is 0. The first-order chi connectivity index (χ1) is 16.1. The van der Waals surface area contributed by atoms with E-state index >= 15 is 0 Å². The van der Waals surface area contributed by atoms with Crippen molar-refractivity contribution in [3.8, 4) is 5.75 Å². The monoisotopic (exact) mass is 486 g/mol. The van der Waals surface area contributed by atoms with E-state index in [0.29, 0.717) is 43.2 Å². The van der Waals surface area contributed by atoms with Crippen molar-refractivity contribution in [3.05, 3.63) is 47.0 Å². The lowest BCUT2D eigenvalue weighted by atomic mass is 10.1. The predicted octanol–water partition coefficient (Wildman–Crippen LogP) is 1.91. The predicted molar refractivity (Wildman–Crippen MR) is 130 cm³/mol. The van der Waals surface area contributed by atoms with Crippen LogP contribution >= 0.6 is 0 Å². The van der Waals surface area contributed by atoms with E-state index in [4.69, 9.17) is 4.74 Å². The molecule has 2 amide bonds. The fourth-order valence-corrected chi connectivity index (χ4v) is 5.63. The van der Waals surface area contributed by atoms with Gasteiger partial charge in [0.15, 0.2) is 6.61 Å². The van der Waals surface area contributed by atoms with Crippen LogP contribution in [0.5, 0.6) is 5.75 Å². The number of hydrogen-bond acceptors (Lipinski definition) is 6. The van der Waals surface area contributed by atoms with Gasteiger partial charge in [-0.15, -0.1) is 0 Å². The Hall–Kier alpha value is -3.11. The number of nitrogens with zero attached hydrogens (tertiary/aromatic N) is 3. The summed E-state index contributed by atoms with van der Waals surface area (Å²) in [6.45, 7) is 7.82. The summed E-state index contributed by atoms with van der Waals surface area (Å²) in [5.74, 6) is -0.222. The van der Waals surface area contributed by atoms with Crippen LogP contribution in [0, 0.1) is 20.8 Å². The maximum atomic E-state index is 13.2. The SMILES string of the molecule is Cc1ccc(C)c(N2CCN(C(=O)CN(C)S(=O)(=O)c3cc4c(cc3C)NC(=O)CO4)CC2)c1. The first-order valence-corrected chi connectivity index (χ1v) is 12.6. The summed E-state index contributed by atoms with van der Waals surface area (Å²) in [6, 6.07) is 9.32. The normalized spacial score (nSPS) is 16.2. The third-order valence-corrected chi connectivity index (χ3v) is 8.24. The summed E-state index contributed by atoms with van der Waals surface area (Å²) in [5, 5.41) is 2.67. The Morgan fingerprint density at radius 3 is 2.47 bits per heavy atom. The minimum atomic E-state index is -3.93. The molecule has 0 radical (unpaired) electrons. The third kappa shape index (κ3) is 4.74.